The van der Waals surface area contributed by atoms with Crippen LogP contribution in [0.3, 0.4) is 0 Å². The number of alkyl halides is 3. The second-order valence-corrected chi connectivity index (χ2v) is 8.86. The van der Waals surface area contributed by atoms with Crippen LogP contribution in [0.1, 0.15) is 70.3 Å². The molecule has 0 aliphatic heterocycles. The van der Waals surface area contributed by atoms with E-state index >= 15 is 0 Å². The summed E-state index contributed by atoms with van der Waals surface area (Å²) in [6.07, 6.45) is 6.30. The van der Waals surface area contributed by atoms with E-state index in [2.05, 4.69) is 6.92 Å². The highest BCUT2D eigenvalue weighted by atomic mass is 19.4. The van der Waals surface area contributed by atoms with Crippen LogP contribution in [0.15, 0.2) is 36.4 Å². The van der Waals surface area contributed by atoms with Crippen LogP contribution in [-0.2, 0) is 6.18 Å². The van der Waals surface area contributed by atoms with Gasteiger partial charge in [0.05, 0.1) is 12.2 Å². The van der Waals surface area contributed by atoms with E-state index in [0.717, 1.165) is 55.9 Å². The molecule has 0 atom stereocenters. The van der Waals surface area contributed by atoms with Gasteiger partial charge < -0.3 is 4.74 Å². The lowest BCUT2D eigenvalue weighted by molar-refractivity contribution is -0.137. The number of halogens is 5. The maximum absolute atomic E-state index is 14.6. The van der Waals surface area contributed by atoms with Crippen molar-refractivity contribution in [3.05, 3.63) is 53.6 Å². The molecule has 1 nitrogen and oxygen atoms in total. The van der Waals surface area contributed by atoms with E-state index in [1.165, 1.54) is 44.2 Å². The number of unbranched alkanes of at least 4 members (excludes halogenated alkanes) is 3. The van der Waals surface area contributed by atoms with Crippen molar-refractivity contribution < 1.29 is 26.7 Å². The molecule has 1 saturated carbocycles. The van der Waals surface area contributed by atoms with Gasteiger partial charge in [-0.1, -0.05) is 64.0 Å². The minimum absolute atomic E-state index is 0.0906. The predicted octanol–water partition coefficient (Wildman–Crippen LogP) is 8.81. The highest BCUT2D eigenvalue weighted by Crippen LogP contribution is 2.35. The van der Waals surface area contributed by atoms with E-state index in [4.69, 9.17) is 4.74 Å². The first-order chi connectivity index (χ1) is 15.3. The third-order valence-corrected chi connectivity index (χ3v) is 6.48. The van der Waals surface area contributed by atoms with Crippen LogP contribution in [0.5, 0.6) is 5.75 Å². The van der Waals surface area contributed by atoms with Crippen molar-refractivity contribution in [3.8, 4) is 16.9 Å². The monoisotopic (exact) mass is 454 g/mol. The zero-order chi connectivity index (χ0) is 23.1. The minimum Gasteiger partial charge on any atom is -0.490 e. The van der Waals surface area contributed by atoms with E-state index in [0.29, 0.717) is 12.5 Å². The summed E-state index contributed by atoms with van der Waals surface area (Å²) in [4.78, 5) is 0. The summed E-state index contributed by atoms with van der Waals surface area (Å²) in [6.45, 7) is 2.56. The number of benzene rings is 2. The first-order valence-electron chi connectivity index (χ1n) is 11.6. The average molecular weight is 455 g/mol. The summed E-state index contributed by atoms with van der Waals surface area (Å²) in [7, 11) is 0. The van der Waals surface area contributed by atoms with Crippen molar-refractivity contribution in [2.75, 3.05) is 6.61 Å². The SMILES string of the molecule is CCCCCC[C@H]1CC[C@H](COc2ccc(-c3ccc(C(F)(F)F)cc3)c(F)c2F)CC1. The Morgan fingerprint density at radius 2 is 1.47 bits per heavy atom. The van der Waals surface area contributed by atoms with E-state index in [1.54, 1.807) is 0 Å². The highest BCUT2D eigenvalue weighted by Gasteiger charge is 2.30. The largest absolute Gasteiger partial charge is 0.490 e. The molecule has 0 heterocycles. The van der Waals surface area contributed by atoms with Crippen molar-refractivity contribution in [3.63, 3.8) is 0 Å². The molecule has 6 heteroatoms. The first-order valence-corrected chi connectivity index (χ1v) is 11.6. The third-order valence-electron chi connectivity index (χ3n) is 6.48. The Hall–Kier alpha value is -2.11. The van der Waals surface area contributed by atoms with Crippen LogP contribution >= 0.6 is 0 Å². The molecule has 0 radical (unpaired) electrons. The van der Waals surface area contributed by atoms with Crippen molar-refractivity contribution in [2.45, 2.75) is 70.9 Å². The van der Waals surface area contributed by atoms with Gasteiger partial charge in [-0.3, -0.25) is 0 Å². The molecular formula is C26H31F5O. The molecule has 1 aliphatic carbocycles. The van der Waals surface area contributed by atoms with E-state index < -0.39 is 23.4 Å². The molecule has 0 N–H and O–H groups in total. The number of rotatable bonds is 9. The Bertz CT molecular complexity index is 852. The molecule has 1 fully saturated rings. The Morgan fingerprint density at radius 1 is 0.812 bits per heavy atom. The maximum atomic E-state index is 14.6. The van der Waals surface area contributed by atoms with Gasteiger partial charge in [0.2, 0.25) is 5.82 Å². The quantitative estimate of drug-likeness (QED) is 0.272. The molecule has 0 spiro atoms. The van der Waals surface area contributed by atoms with E-state index in [9.17, 15) is 22.0 Å². The van der Waals surface area contributed by atoms with Crippen LogP contribution < -0.4 is 4.74 Å². The zero-order valence-electron chi connectivity index (χ0n) is 18.5. The van der Waals surface area contributed by atoms with Crippen LogP contribution in [-0.4, -0.2) is 6.61 Å². The van der Waals surface area contributed by atoms with Crippen molar-refractivity contribution in [1.82, 2.24) is 0 Å². The second kappa shape index (κ2) is 11.2. The van der Waals surface area contributed by atoms with Crippen LogP contribution in [0.2, 0.25) is 0 Å². The fraction of sp³-hybridized carbons (Fsp3) is 0.538. The summed E-state index contributed by atoms with van der Waals surface area (Å²) in [5.74, 6) is -1.27. The van der Waals surface area contributed by atoms with Gasteiger partial charge in [0.15, 0.2) is 11.6 Å². The summed E-state index contributed by atoms with van der Waals surface area (Å²) in [5, 5.41) is 0. The molecule has 0 aromatic heterocycles. The van der Waals surface area contributed by atoms with Gasteiger partial charge in [-0.25, -0.2) is 4.39 Å². The van der Waals surface area contributed by atoms with Gasteiger partial charge in [0.25, 0.3) is 0 Å². The normalized spacial score (nSPS) is 19.2. The van der Waals surface area contributed by atoms with Gasteiger partial charge in [-0.05, 0) is 54.5 Å². The Kier molecular flexibility index (Phi) is 8.55. The molecule has 176 valence electrons. The summed E-state index contributed by atoms with van der Waals surface area (Å²) >= 11 is 0. The third kappa shape index (κ3) is 6.46. The maximum Gasteiger partial charge on any atom is 0.416 e. The molecule has 2 aromatic rings. The highest BCUT2D eigenvalue weighted by molar-refractivity contribution is 5.65. The Morgan fingerprint density at radius 3 is 2.09 bits per heavy atom. The smallest absolute Gasteiger partial charge is 0.416 e. The van der Waals surface area contributed by atoms with Gasteiger partial charge >= 0.3 is 6.18 Å². The fourth-order valence-electron chi connectivity index (χ4n) is 4.46. The minimum atomic E-state index is -4.48. The fourth-order valence-corrected chi connectivity index (χ4v) is 4.46. The molecule has 2 aromatic carbocycles. The predicted molar refractivity (Wildman–Crippen MR) is 116 cm³/mol. The number of hydrogen-bond acceptors (Lipinski definition) is 1. The lowest BCUT2D eigenvalue weighted by atomic mass is 9.80. The number of hydrogen-bond donors (Lipinski definition) is 0. The van der Waals surface area contributed by atoms with Crippen LogP contribution in [0.25, 0.3) is 11.1 Å². The Balaban J connectivity index is 1.54. The van der Waals surface area contributed by atoms with Crippen molar-refractivity contribution in [2.24, 2.45) is 11.8 Å². The summed E-state index contributed by atoms with van der Waals surface area (Å²) < 4.78 is 72.9. The lowest BCUT2D eigenvalue weighted by Crippen LogP contribution is -2.20. The van der Waals surface area contributed by atoms with Gasteiger partial charge in [0, 0.05) is 5.56 Å². The first kappa shape index (κ1) is 24.5. The molecule has 1 aliphatic rings. The topological polar surface area (TPSA) is 9.23 Å². The standard InChI is InChI=1S/C26H31F5O/c1-2-3-4-5-6-18-7-9-19(10-8-18)17-32-23-16-15-22(24(27)25(23)28)20-11-13-21(14-12-20)26(29,30)31/h11-16,18-19H,2-10,17H2,1H3/t18-,19-. The molecule has 3 rings (SSSR count). The second-order valence-electron chi connectivity index (χ2n) is 8.86. The van der Waals surface area contributed by atoms with Gasteiger partial charge in [0.1, 0.15) is 0 Å². The van der Waals surface area contributed by atoms with Gasteiger partial charge in [-0.2, -0.15) is 17.6 Å². The molecule has 0 unspecified atom stereocenters. The van der Waals surface area contributed by atoms with Crippen molar-refractivity contribution in [1.29, 1.82) is 0 Å². The van der Waals surface area contributed by atoms with Crippen LogP contribution in [0.4, 0.5) is 22.0 Å². The zero-order valence-corrected chi connectivity index (χ0v) is 18.5. The molecular weight excluding hydrogens is 423 g/mol. The molecule has 32 heavy (non-hydrogen) atoms. The van der Waals surface area contributed by atoms with E-state index in [1.807, 2.05) is 0 Å². The van der Waals surface area contributed by atoms with Crippen molar-refractivity contribution >= 4 is 0 Å². The Labute approximate surface area is 187 Å². The molecule has 0 bridgehead atoms. The molecule has 0 amide bonds. The lowest BCUT2D eigenvalue weighted by Gasteiger charge is -2.28. The average Bonchev–Trinajstić information content (AvgIpc) is 2.78. The van der Waals surface area contributed by atoms with E-state index in [-0.39, 0.29) is 16.9 Å². The summed E-state index contributed by atoms with van der Waals surface area (Å²) in [5.41, 5.74) is -0.747. The van der Waals surface area contributed by atoms with Gasteiger partial charge in [-0.15, -0.1) is 0 Å². The molecule has 0 saturated heterocycles. The number of ether oxygens (including phenoxy) is 1. The van der Waals surface area contributed by atoms with Crippen LogP contribution in [0, 0.1) is 23.5 Å². The summed E-state index contributed by atoms with van der Waals surface area (Å²) in [6, 6.07) is 6.70.